The summed E-state index contributed by atoms with van der Waals surface area (Å²) in [5, 5.41) is 0. The number of aryl methyl sites for hydroxylation is 3. The van der Waals surface area contributed by atoms with Crippen LogP contribution in [0.4, 0.5) is 5.69 Å². The average Bonchev–Trinajstić information content (AvgIpc) is 2.72. The first-order chi connectivity index (χ1) is 14.7. The van der Waals surface area contributed by atoms with Crippen molar-refractivity contribution in [3.05, 3.63) is 88.0 Å². The van der Waals surface area contributed by atoms with Crippen LogP contribution in [-0.4, -0.2) is 13.3 Å². The van der Waals surface area contributed by atoms with Crippen molar-refractivity contribution in [2.24, 2.45) is 4.99 Å². The summed E-state index contributed by atoms with van der Waals surface area (Å²) in [5.41, 5.74) is 8.33. The molecule has 0 saturated carbocycles. The molecule has 0 atom stereocenters. The van der Waals surface area contributed by atoms with E-state index in [-0.39, 0.29) is 5.41 Å². The summed E-state index contributed by atoms with van der Waals surface area (Å²) in [6.07, 6.45) is 1.84. The lowest BCUT2D eigenvalue weighted by Gasteiger charge is -2.22. The molecular weight excluding hydrogens is 382 g/mol. The molecule has 3 aromatic rings. The summed E-state index contributed by atoms with van der Waals surface area (Å²) < 4.78 is 11.7. The quantitative estimate of drug-likeness (QED) is 0.397. The van der Waals surface area contributed by atoms with Crippen LogP contribution in [0, 0.1) is 20.8 Å². The Kier molecular flexibility index (Phi) is 6.84. The Morgan fingerprint density at radius 2 is 1.48 bits per heavy atom. The fourth-order valence-electron chi connectivity index (χ4n) is 3.47. The molecule has 0 saturated heterocycles. The molecule has 0 spiro atoms. The number of aliphatic imine (C=N–C) groups is 1. The van der Waals surface area contributed by atoms with Crippen molar-refractivity contribution in [1.29, 1.82) is 0 Å². The van der Waals surface area contributed by atoms with Crippen molar-refractivity contribution in [1.82, 2.24) is 0 Å². The van der Waals surface area contributed by atoms with Gasteiger partial charge in [-0.15, -0.1) is 0 Å². The van der Waals surface area contributed by atoms with Crippen molar-refractivity contribution in [2.75, 3.05) is 7.11 Å². The molecule has 0 aliphatic heterocycles. The summed E-state index contributed by atoms with van der Waals surface area (Å²) in [6, 6.07) is 18.6. The zero-order valence-electron chi connectivity index (χ0n) is 19.7. The van der Waals surface area contributed by atoms with Crippen molar-refractivity contribution >= 4 is 11.9 Å². The van der Waals surface area contributed by atoms with Gasteiger partial charge in [0.25, 0.3) is 0 Å². The Balaban J connectivity index is 1.76. The minimum absolute atomic E-state index is 0.133. The van der Waals surface area contributed by atoms with Crippen molar-refractivity contribution in [2.45, 2.75) is 53.6 Å². The summed E-state index contributed by atoms with van der Waals surface area (Å²) in [5.74, 6) is 1.43. The molecule has 3 rings (SSSR count). The molecule has 0 heterocycles. The lowest BCUT2D eigenvalue weighted by Crippen LogP contribution is -2.13. The van der Waals surface area contributed by atoms with Gasteiger partial charge in [0, 0.05) is 6.21 Å². The zero-order chi connectivity index (χ0) is 22.6. The number of nitrogens with zero attached hydrogens (tertiary/aromatic N) is 1. The molecule has 0 N–H and O–H groups in total. The Labute approximate surface area is 186 Å². The highest BCUT2D eigenvalue weighted by Crippen LogP contribution is 2.31. The highest BCUT2D eigenvalue weighted by atomic mass is 16.5. The highest BCUT2D eigenvalue weighted by molar-refractivity contribution is 5.83. The molecule has 31 heavy (non-hydrogen) atoms. The standard InChI is InChI=1S/C28H33NO2/c1-19-8-11-24(12-9-19)29-17-22-10-13-26(27(16-22)30-7)31-18-25-20(2)14-23(15-21(25)3)28(4,5)6/h8-17H,18H2,1-7H3. The molecule has 3 aromatic carbocycles. The van der Waals surface area contributed by atoms with Gasteiger partial charge in [0.2, 0.25) is 0 Å². The fourth-order valence-corrected chi connectivity index (χ4v) is 3.47. The summed E-state index contributed by atoms with van der Waals surface area (Å²) in [6.45, 7) is 13.6. The molecule has 0 aromatic heterocycles. The van der Waals surface area contributed by atoms with Crippen LogP contribution in [-0.2, 0) is 12.0 Å². The molecule has 0 amide bonds. The molecule has 162 valence electrons. The van der Waals surface area contributed by atoms with Crippen LogP contribution in [0.1, 0.15) is 54.2 Å². The predicted molar refractivity (Wildman–Crippen MR) is 130 cm³/mol. The van der Waals surface area contributed by atoms with Crippen molar-refractivity contribution < 1.29 is 9.47 Å². The van der Waals surface area contributed by atoms with E-state index in [0.29, 0.717) is 12.4 Å². The van der Waals surface area contributed by atoms with Gasteiger partial charge in [-0.3, -0.25) is 4.99 Å². The van der Waals surface area contributed by atoms with E-state index in [1.807, 2.05) is 36.5 Å². The van der Waals surface area contributed by atoms with Gasteiger partial charge >= 0.3 is 0 Å². The molecule has 3 heteroatoms. The number of benzene rings is 3. The van der Waals surface area contributed by atoms with E-state index in [9.17, 15) is 0 Å². The SMILES string of the molecule is COc1cc(C=Nc2ccc(C)cc2)ccc1OCc1c(C)cc(C(C)(C)C)cc1C. The largest absolute Gasteiger partial charge is 0.493 e. The van der Waals surface area contributed by atoms with E-state index >= 15 is 0 Å². The van der Waals surface area contributed by atoms with Crippen molar-refractivity contribution in [3.8, 4) is 11.5 Å². The Hall–Kier alpha value is -3.07. The maximum atomic E-state index is 6.16. The molecule has 3 nitrogen and oxygen atoms in total. The minimum atomic E-state index is 0.133. The molecule has 0 fully saturated rings. The Morgan fingerprint density at radius 1 is 0.839 bits per heavy atom. The topological polar surface area (TPSA) is 30.8 Å². The van der Waals surface area contributed by atoms with Gasteiger partial charge in [0.1, 0.15) is 6.61 Å². The van der Waals surface area contributed by atoms with Crippen LogP contribution in [0.3, 0.4) is 0 Å². The fraction of sp³-hybridized carbons (Fsp3) is 0.321. The first-order valence-electron chi connectivity index (χ1n) is 10.7. The second-order valence-corrected chi connectivity index (χ2v) is 9.13. The maximum Gasteiger partial charge on any atom is 0.161 e. The molecule has 0 aliphatic carbocycles. The van der Waals surface area contributed by atoms with Crippen LogP contribution < -0.4 is 9.47 Å². The van der Waals surface area contributed by atoms with Gasteiger partial charge in [-0.1, -0.05) is 50.6 Å². The molecule has 0 aliphatic rings. The number of rotatable bonds is 6. The van der Waals surface area contributed by atoms with Gasteiger partial charge < -0.3 is 9.47 Å². The van der Waals surface area contributed by atoms with Gasteiger partial charge in [-0.2, -0.15) is 0 Å². The second kappa shape index (κ2) is 9.38. The average molecular weight is 416 g/mol. The van der Waals surface area contributed by atoms with E-state index < -0.39 is 0 Å². The van der Waals surface area contributed by atoms with Gasteiger partial charge in [-0.05, 0) is 84.3 Å². The van der Waals surface area contributed by atoms with E-state index in [2.05, 4.69) is 70.8 Å². The Bertz CT molecular complexity index is 1050. The lowest BCUT2D eigenvalue weighted by atomic mass is 9.84. The molecular formula is C28H33NO2. The smallest absolute Gasteiger partial charge is 0.161 e. The third-order valence-corrected chi connectivity index (χ3v) is 5.52. The van der Waals surface area contributed by atoms with Gasteiger partial charge in [0.15, 0.2) is 11.5 Å². The second-order valence-electron chi connectivity index (χ2n) is 9.13. The van der Waals surface area contributed by atoms with Crippen LogP contribution in [0.15, 0.2) is 59.6 Å². The summed E-state index contributed by atoms with van der Waals surface area (Å²) in [4.78, 5) is 4.55. The van der Waals surface area contributed by atoms with E-state index in [0.717, 1.165) is 17.0 Å². The van der Waals surface area contributed by atoms with Gasteiger partial charge in [0.05, 0.1) is 12.8 Å². The molecule has 0 bridgehead atoms. The normalized spacial score (nSPS) is 11.7. The van der Waals surface area contributed by atoms with Crippen molar-refractivity contribution in [3.63, 3.8) is 0 Å². The first kappa shape index (κ1) is 22.6. The van der Waals surface area contributed by atoms with Crippen LogP contribution in [0.5, 0.6) is 11.5 Å². The summed E-state index contributed by atoms with van der Waals surface area (Å²) >= 11 is 0. The van der Waals surface area contributed by atoms with Crippen LogP contribution >= 0.6 is 0 Å². The number of methoxy groups -OCH3 is 1. The van der Waals surface area contributed by atoms with Gasteiger partial charge in [-0.25, -0.2) is 0 Å². The Morgan fingerprint density at radius 3 is 2.06 bits per heavy atom. The highest BCUT2D eigenvalue weighted by Gasteiger charge is 2.17. The lowest BCUT2D eigenvalue weighted by molar-refractivity contribution is 0.283. The van der Waals surface area contributed by atoms with E-state index in [1.54, 1.807) is 7.11 Å². The van der Waals surface area contributed by atoms with Crippen LogP contribution in [0.25, 0.3) is 0 Å². The molecule has 0 radical (unpaired) electrons. The van der Waals surface area contributed by atoms with E-state index in [4.69, 9.17) is 9.47 Å². The number of hydrogen-bond acceptors (Lipinski definition) is 3. The van der Waals surface area contributed by atoms with Crippen LogP contribution in [0.2, 0.25) is 0 Å². The first-order valence-corrected chi connectivity index (χ1v) is 10.7. The number of hydrogen-bond donors (Lipinski definition) is 0. The summed E-state index contributed by atoms with van der Waals surface area (Å²) in [7, 11) is 1.66. The maximum absolute atomic E-state index is 6.16. The third kappa shape index (κ3) is 5.75. The molecule has 0 unspecified atom stereocenters. The number of ether oxygens (including phenoxy) is 2. The zero-order valence-corrected chi connectivity index (χ0v) is 19.7. The third-order valence-electron chi connectivity index (χ3n) is 5.52. The van der Waals surface area contributed by atoms with E-state index in [1.165, 1.54) is 27.8 Å². The minimum Gasteiger partial charge on any atom is -0.493 e. The predicted octanol–water partition coefficient (Wildman–Crippen LogP) is 7.25. The monoisotopic (exact) mass is 415 g/mol.